The van der Waals surface area contributed by atoms with Crippen LogP contribution in [0, 0.1) is 0 Å². The zero-order valence-electron chi connectivity index (χ0n) is 9.12. The van der Waals surface area contributed by atoms with Crippen LogP contribution in [0.25, 0.3) is 0 Å². The maximum Gasteiger partial charge on any atom is 0.279 e. The van der Waals surface area contributed by atoms with Crippen LogP contribution in [-0.2, 0) is 0 Å². The van der Waals surface area contributed by atoms with E-state index in [-0.39, 0.29) is 11.2 Å². The third kappa shape index (κ3) is 3.01. The molecule has 17 heavy (non-hydrogen) atoms. The maximum absolute atomic E-state index is 11.6. The minimum absolute atomic E-state index is 0.201. The van der Waals surface area contributed by atoms with E-state index in [2.05, 4.69) is 20.2 Å². The second-order valence-electron chi connectivity index (χ2n) is 3.14. The molecule has 1 N–H and O–H groups in total. The first-order valence-corrected chi connectivity index (χ1v) is 6.12. The molecular weight excluding hydrogens is 236 g/mol. The SMILES string of the molecule is CSc1ncc(N=Nc2ccccc2)c(=O)[nH]1. The van der Waals surface area contributed by atoms with Crippen molar-refractivity contribution in [1.29, 1.82) is 0 Å². The number of hydrogen-bond donors (Lipinski definition) is 1. The van der Waals surface area contributed by atoms with Gasteiger partial charge in [-0.1, -0.05) is 30.0 Å². The van der Waals surface area contributed by atoms with Crippen LogP contribution >= 0.6 is 11.8 Å². The molecule has 0 amide bonds. The Hall–Kier alpha value is -1.95. The number of H-pyrrole nitrogens is 1. The number of nitrogens with one attached hydrogen (secondary N) is 1. The summed E-state index contributed by atoms with van der Waals surface area (Å²) >= 11 is 1.37. The number of azo groups is 1. The van der Waals surface area contributed by atoms with Crippen molar-refractivity contribution in [2.24, 2.45) is 10.2 Å². The van der Waals surface area contributed by atoms with E-state index in [9.17, 15) is 4.79 Å². The van der Waals surface area contributed by atoms with Gasteiger partial charge in [-0.2, -0.15) is 5.11 Å². The summed E-state index contributed by atoms with van der Waals surface area (Å²) in [6.45, 7) is 0. The van der Waals surface area contributed by atoms with Crippen LogP contribution < -0.4 is 5.56 Å². The maximum atomic E-state index is 11.6. The molecule has 5 nitrogen and oxygen atoms in total. The van der Waals surface area contributed by atoms with Gasteiger partial charge in [-0.15, -0.1) is 5.11 Å². The Labute approximate surface area is 102 Å². The summed E-state index contributed by atoms with van der Waals surface area (Å²) in [4.78, 5) is 18.2. The van der Waals surface area contributed by atoms with E-state index in [1.54, 1.807) is 12.1 Å². The summed E-state index contributed by atoms with van der Waals surface area (Å²) < 4.78 is 0. The zero-order chi connectivity index (χ0) is 12.1. The van der Waals surface area contributed by atoms with Crippen LogP contribution in [0.15, 0.2) is 56.7 Å². The lowest BCUT2D eigenvalue weighted by atomic mass is 10.3. The van der Waals surface area contributed by atoms with Crippen molar-refractivity contribution in [3.63, 3.8) is 0 Å². The second kappa shape index (κ2) is 5.40. The number of aromatic nitrogens is 2. The Bertz CT molecular complexity index is 580. The molecule has 6 heteroatoms. The fourth-order valence-corrected chi connectivity index (χ4v) is 1.51. The van der Waals surface area contributed by atoms with Crippen LogP contribution in [0.1, 0.15) is 0 Å². The first-order chi connectivity index (χ1) is 8.29. The van der Waals surface area contributed by atoms with Gasteiger partial charge in [0.25, 0.3) is 5.56 Å². The Morgan fingerprint density at radius 2 is 2.00 bits per heavy atom. The van der Waals surface area contributed by atoms with Gasteiger partial charge in [0, 0.05) is 0 Å². The van der Waals surface area contributed by atoms with Gasteiger partial charge in [-0.3, -0.25) is 9.78 Å². The largest absolute Gasteiger partial charge is 0.300 e. The third-order valence-electron chi connectivity index (χ3n) is 1.98. The summed E-state index contributed by atoms with van der Waals surface area (Å²) in [7, 11) is 0. The van der Waals surface area contributed by atoms with Crippen LogP contribution in [0.5, 0.6) is 0 Å². The standard InChI is InChI=1S/C11H10N4OS/c1-17-11-12-7-9(10(16)13-11)15-14-8-5-3-2-4-6-8/h2-7H,1H3,(H,12,13,16). The third-order valence-corrected chi connectivity index (χ3v) is 2.57. The van der Waals surface area contributed by atoms with Crippen LogP contribution in [-0.4, -0.2) is 16.2 Å². The Morgan fingerprint density at radius 1 is 1.24 bits per heavy atom. The van der Waals surface area contributed by atoms with Crippen molar-refractivity contribution in [3.8, 4) is 0 Å². The summed E-state index contributed by atoms with van der Waals surface area (Å²) in [5, 5.41) is 8.38. The van der Waals surface area contributed by atoms with Gasteiger partial charge >= 0.3 is 0 Å². The summed E-state index contributed by atoms with van der Waals surface area (Å²) in [6, 6.07) is 9.21. The quantitative estimate of drug-likeness (QED) is 0.514. The molecule has 0 spiro atoms. The van der Waals surface area contributed by atoms with Crippen LogP contribution in [0.4, 0.5) is 11.4 Å². The monoisotopic (exact) mass is 246 g/mol. The van der Waals surface area contributed by atoms with Gasteiger partial charge in [-0.05, 0) is 18.4 Å². The number of aromatic amines is 1. The Balaban J connectivity index is 2.25. The van der Waals surface area contributed by atoms with Crippen molar-refractivity contribution in [2.45, 2.75) is 5.16 Å². The molecule has 1 aromatic carbocycles. The molecule has 1 heterocycles. The second-order valence-corrected chi connectivity index (χ2v) is 3.94. The molecule has 0 aliphatic rings. The minimum Gasteiger partial charge on any atom is -0.300 e. The van der Waals surface area contributed by atoms with E-state index in [0.29, 0.717) is 10.8 Å². The van der Waals surface area contributed by atoms with Crippen molar-refractivity contribution in [1.82, 2.24) is 9.97 Å². The van der Waals surface area contributed by atoms with Gasteiger partial charge < -0.3 is 0 Å². The van der Waals surface area contributed by atoms with Crippen molar-refractivity contribution in [3.05, 3.63) is 46.9 Å². The smallest absolute Gasteiger partial charge is 0.279 e. The summed E-state index contributed by atoms with van der Waals surface area (Å²) in [5.41, 5.74) is 0.608. The Kier molecular flexibility index (Phi) is 3.66. The normalized spacial score (nSPS) is 10.9. The van der Waals surface area contributed by atoms with Gasteiger partial charge in [0.2, 0.25) is 0 Å². The molecule has 0 unspecified atom stereocenters. The number of benzene rings is 1. The Morgan fingerprint density at radius 3 is 2.65 bits per heavy atom. The predicted octanol–water partition coefficient (Wildman–Crippen LogP) is 2.91. The fourth-order valence-electron chi connectivity index (χ4n) is 1.15. The highest BCUT2D eigenvalue weighted by Crippen LogP contribution is 2.14. The lowest BCUT2D eigenvalue weighted by Crippen LogP contribution is -2.06. The lowest BCUT2D eigenvalue weighted by Gasteiger charge is -1.95. The van der Waals surface area contributed by atoms with Crippen LogP contribution in [0.3, 0.4) is 0 Å². The first kappa shape index (κ1) is 11.5. The van der Waals surface area contributed by atoms with Crippen LogP contribution in [0.2, 0.25) is 0 Å². The highest BCUT2D eigenvalue weighted by atomic mass is 32.2. The molecule has 0 aliphatic heterocycles. The molecule has 0 bridgehead atoms. The molecule has 0 atom stereocenters. The number of thioether (sulfide) groups is 1. The molecule has 1 aromatic heterocycles. The van der Waals surface area contributed by atoms with E-state index >= 15 is 0 Å². The summed E-state index contributed by atoms with van der Waals surface area (Å²) in [5.74, 6) is 0. The zero-order valence-corrected chi connectivity index (χ0v) is 9.94. The molecule has 0 fully saturated rings. The predicted molar refractivity (Wildman–Crippen MR) is 67.3 cm³/mol. The number of rotatable bonds is 3. The van der Waals surface area contributed by atoms with Gasteiger partial charge in [0.15, 0.2) is 10.8 Å². The number of nitrogens with zero attached hydrogens (tertiary/aromatic N) is 3. The average Bonchev–Trinajstić information content (AvgIpc) is 2.38. The lowest BCUT2D eigenvalue weighted by molar-refractivity contribution is 0.931. The highest BCUT2D eigenvalue weighted by Gasteiger charge is 2.00. The first-order valence-electron chi connectivity index (χ1n) is 4.89. The molecule has 0 saturated heterocycles. The van der Waals surface area contributed by atoms with E-state index in [0.717, 1.165) is 0 Å². The van der Waals surface area contributed by atoms with Gasteiger partial charge in [0.05, 0.1) is 11.9 Å². The molecule has 2 aromatic rings. The molecule has 0 saturated carbocycles. The van der Waals surface area contributed by atoms with E-state index < -0.39 is 0 Å². The van der Waals surface area contributed by atoms with E-state index in [1.807, 2.05) is 24.5 Å². The molecule has 0 radical (unpaired) electrons. The molecule has 86 valence electrons. The van der Waals surface area contributed by atoms with Gasteiger partial charge in [-0.25, -0.2) is 4.98 Å². The van der Waals surface area contributed by atoms with Crippen molar-refractivity contribution in [2.75, 3.05) is 6.26 Å². The molecular formula is C11H10N4OS. The van der Waals surface area contributed by atoms with Gasteiger partial charge in [0.1, 0.15) is 0 Å². The topological polar surface area (TPSA) is 70.5 Å². The van der Waals surface area contributed by atoms with E-state index in [4.69, 9.17) is 0 Å². The van der Waals surface area contributed by atoms with E-state index in [1.165, 1.54) is 18.0 Å². The highest BCUT2D eigenvalue weighted by molar-refractivity contribution is 7.98. The van der Waals surface area contributed by atoms with Crippen molar-refractivity contribution < 1.29 is 0 Å². The summed E-state index contributed by atoms with van der Waals surface area (Å²) in [6.07, 6.45) is 3.25. The number of hydrogen-bond acceptors (Lipinski definition) is 5. The average molecular weight is 246 g/mol. The molecule has 2 rings (SSSR count). The fraction of sp³-hybridized carbons (Fsp3) is 0.0909. The minimum atomic E-state index is -0.288. The molecule has 0 aliphatic carbocycles. The van der Waals surface area contributed by atoms with Crippen molar-refractivity contribution >= 4 is 23.1 Å².